The lowest BCUT2D eigenvalue weighted by Gasteiger charge is -2.19. The first-order chi connectivity index (χ1) is 12.6. The monoisotopic (exact) mass is 373 g/mol. The zero-order chi connectivity index (χ0) is 20.2. The van der Waals surface area contributed by atoms with E-state index in [2.05, 4.69) is 5.10 Å². The van der Waals surface area contributed by atoms with Crippen LogP contribution in [0.4, 0.5) is 5.69 Å². The highest BCUT2D eigenvalue weighted by Gasteiger charge is 2.22. The summed E-state index contributed by atoms with van der Waals surface area (Å²) in [6.45, 7) is 10.1. The topological polar surface area (TPSA) is 87.3 Å². The molecule has 0 saturated carbocycles. The predicted octanol–water partition coefficient (Wildman–Crippen LogP) is 3.85. The summed E-state index contributed by atoms with van der Waals surface area (Å²) in [5, 5.41) is 15.5. The summed E-state index contributed by atoms with van der Waals surface area (Å²) in [5.74, 6) is -0.262. The Morgan fingerprint density at radius 2 is 1.81 bits per heavy atom. The van der Waals surface area contributed by atoms with Crippen molar-refractivity contribution >= 4 is 11.7 Å². The second-order valence-corrected chi connectivity index (χ2v) is 7.42. The molecule has 0 N–H and O–H groups in total. The van der Waals surface area contributed by atoms with Crippen LogP contribution in [0.5, 0.6) is 0 Å². The molecule has 0 atom stereocenters. The molecule has 1 heterocycles. The molecule has 0 radical (unpaired) electrons. The highest BCUT2D eigenvalue weighted by Crippen LogP contribution is 2.21. The maximum Gasteiger partial charge on any atom is 0.310 e. The number of carbonyl (C=O) groups is 1. The third-order valence-corrected chi connectivity index (χ3v) is 4.14. The first kappa shape index (κ1) is 20.6. The molecule has 0 amide bonds. The molecule has 27 heavy (non-hydrogen) atoms. The minimum absolute atomic E-state index is 0.0646. The van der Waals surface area contributed by atoms with Gasteiger partial charge in [-0.05, 0) is 39.2 Å². The lowest BCUT2D eigenvalue weighted by molar-refractivity contribution is -0.384. The Balaban J connectivity index is 2.28. The van der Waals surface area contributed by atoms with Gasteiger partial charge < -0.3 is 4.74 Å². The van der Waals surface area contributed by atoms with Gasteiger partial charge in [-0.1, -0.05) is 26.0 Å². The number of non-ortho nitro benzene ring substituents is 1. The second-order valence-electron chi connectivity index (χ2n) is 7.42. The van der Waals surface area contributed by atoms with Crippen LogP contribution in [0, 0.1) is 10.1 Å². The van der Waals surface area contributed by atoms with Crippen molar-refractivity contribution in [3.63, 3.8) is 0 Å². The van der Waals surface area contributed by atoms with Gasteiger partial charge in [-0.3, -0.25) is 19.6 Å². The summed E-state index contributed by atoms with van der Waals surface area (Å²) in [6, 6.07) is 6.45. The highest BCUT2D eigenvalue weighted by molar-refractivity contribution is 5.73. The fourth-order valence-electron chi connectivity index (χ4n) is 3.02. The Bertz CT molecular complexity index is 817. The van der Waals surface area contributed by atoms with Gasteiger partial charge in [0.2, 0.25) is 0 Å². The van der Waals surface area contributed by atoms with Crippen molar-refractivity contribution < 1.29 is 14.5 Å². The fourth-order valence-corrected chi connectivity index (χ4v) is 3.02. The van der Waals surface area contributed by atoms with Gasteiger partial charge in [0.15, 0.2) is 0 Å². The van der Waals surface area contributed by atoms with Gasteiger partial charge in [-0.2, -0.15) is 5.10 Å². The van der Waals surface area contributed by atoms with Crippen LogP contribution in [0.2, 0.25) is 0 Å². The minimum Gasteiger partial charge on any atom is -0.460 e. The molecular formula is C20H27N3O4. The van der Waals surface area contributed by atoms with Crippen LogP contribution in [-0.4, -0.2) is 26.3 Å². The Labute approximate surface area is 159 Å². The quantitative estimate of drug-likeness (QED) is 0.418. The Morgan fingerprint density at radius 1 is 1.19 bits per heavy atom. The van der Waals surface area contributed by atoms with Crippen LogP contribution in [0.1, 0.15) is 57.1 Å². The standard InChI is InChI=1S/C20H27N3O4/c1-6-17-16(12-19(24)27-20(3,4)5)18(7-2)22(21-17)13-14-8-10-15(11-9-14)23(25)26/h8-11H,6-7,12-13H2,1-5H3. The molecular weight excluding hydrogens is 346 g/mol. The molecule has 1 aromatic carbocycles. The van der Waals surface area contributed by atoms with Crippen LogP contribution >= 0.6 is 0 Å². The van der Waals surface area contributed by atoms with E-state index in [1.807, 2.05) is 39.3 Å². The van der Waals surface area contributed by atoms with Gasteiger partial charge in [0, 0.05) is 23.4 Å². The van der Waals surface area contributed by atoms with Crippen LogP contribution in [0.3, 0.4) is 0 Å². The summed E-state index contributed by atoms with van der Waals surface area (Å²) in [6.07, 6.45) is 1.65. The van der Waals surface area contributed by atoms with Gasteiger partial charge >= 0.3 is 5.97 Å². The number of aromatic nitrogens is 2. The number of hydrogen-bond donors (Lipinski definition) is 0. The van der Waals surface area contributed by atoms with E-state index in [9.17, 15) is 14.9 Å². The molecule has 0 spiro atoms. The number of hydrogen-bond acceptors (Lipinski definition) is 5. The summed E-state index contributed by atoms with van der Waals surface area (Å²) in [4.78, 5) is 22.7. The van der Waals surface area contributed by atoms with Crippen molar-refractivity contribution in [1.82, 2.24) is 9.78 Å². The van der Waals surface area contributed by atoms with Crippen LogP contribution in [-0.2, 0) is 35.3 Å². The Morgan fingerprint density at radius 3 is 2.30 bits per heavy atom. The fraction of sp³-hybridized carbons (Fsp3) is 0.500. The normalized spacial score (nSPS) is 11.4. The smallest absolute Gasteiger partial charge is 0.310 e. The lowest BCUT2D eigenvalue weighted by Crippen LogP contribution is -2.25. The zero-order valence-electron chi connectivity index (χ0n) is 16.6. The number of aryl methyl sites for hydroxylation is 1. The number of esters is 1. The van der Waals surface area contributed by atoms with Crippen LogP contribution in [0.25, 0.3) is 0 Å². The number of ether oxygens (including phenoxy) is 1. The van der Waals surface area contributed by atoms with Gasteiger partial charge in [0.1, 0.15) is 5.60 Å². The van der Waals surface area contributed by atoms with E-state index in [0.717, 1.165) is 35.4 Å². The SMILES string of the molecule is CCc1nn(Cc2ccc([N+](=O)[O-])cc2)c(CC)c1CC(=O)OC(C)(C)C. The maximum atomic E-state index is 12.3. The largest absolute Gasteiger partial charge is 0.460 e. The van der Waals surface area contributed by atoms with E-state index in [4.69, 9.17) is 4.74 Å². The molecule has 146 valence electrons. The highest BCUT2D eigenvalue weighted by atomic mass is 16.6. The van der Waals surface area contributed by atoms with Crippen LogP contribution in [0.15, 0.2) is 24.3 Å². The molecule has 0 aliphatic rings. The van der Waals surface area contributed by atoms with Crippen molar-refractivity contribution in [3.05, 3.63) is 56.9 Å². The van der Waals surface area contributed by atoms with Crippen molar-refractivity contribution in [2.75, 3.05) is 0 Å². The molecule has 7 heteroatoms. The van der Waals surface area contributed by atoms with E-state index in [0.29, 0.717) is 6.54 Å². The average Bonchev–Trinajstić information content (AvgIpc) is 2.89. The molecule has 0 unspecified atom stereocenters. The van der Waals surface area contributed by atoms with Gasteiger partial charge in [0.05, 0.1) is 23.6 Å². The van der Waals surface area contributed by atoms with Crippen molar-refractivity contribution in [2.24, 2.45) is 0 Å². The van der Waals surface area contributed by atoms with E-state index in [1.165, 1.54) is 12.1 Å². The summed E-state index contributed by atoms with van der Waals surface area (Å²) >= 11 is 0. The van der Waals surface area contributed by atoms with Crippen molar-refractivity contribution in [3.8, 4) is 0 Å². The number of rotatable bonds is 7. The summed E-state index contributed by atoms with van der Waals surface area (Å²) in [7, 11) is 0. The van der Waals surface area contributed by atoms with E-state index in [-0.39, 0.29) is 18.1 Å². The molecule has 0 aliphatic carbocycles. The van der Waals surface area contributed by atoms with Gasteiger partial charge in [-0.15, -0.1) is 0 Å². The van der Waals surface area contributed by atoms with Gasteiger partial charge in [-0.25, -0.2) is 0 Å². The Kier molecular flexibility index (Phi) is 6.36. The number of nitro benzene ring substituents is 1. The molecule has 0 saturated heterocycles. The van der Waals surface area contributed by atoms with E-state index >= 15 is 0 Å². The molecule has 0 aliphatic heterocycles. The Hall–Kier alpha value is -2.70. The van der Waals surface area contributed by atoms with E-state index in [1.54, 1.807) is 12.1 Å². The predicted molar refractivity (Wildman–Crippen MR) is 103 cm³/mol. The van der Waals surface area contributed by atoms with Crippen LogP contribution < -0.4 is 0 Å². The third-order valence-electron chi connectivity index (χ3n) is 4.14. The van der Waals surface area contributed by atoms with E-state index < -0.39 is 10.5 Å². The first-order valence-electron chi connectivity index (χ1n) is 9.17. The summed E-state index contributed by atoms with van der Waals surface area (Å²) < 4.78 is 7.35. The zero-order valence-corrected chi connectivity index (χ0v) is 16.6. The second kappa shape index (κ2) is 8.33. The molecule has 7 nitrogen and oxygen atoms in total. The number of nitro groups is 1. The molecule has 0 fully saturated rings. The average molecular weight is 373 g/mol. The molecule has 2 aromatic rings. The lowest BCUT2D eigenvalue weighted by atomic mass is 10.1. The number of carbonyl (C=O) groups excluding carboxylic acids is 1. The first-order valence-corrected chi connectivity index (χ1v) is 9.17. The number of benzene rings is 1. The molecule has 2 rings (SSSR count). The number of nitrogens with zero attached hydrogens (tertiary/aromatic N) is 3. The van der Waals surface area contributed by atoms with Crippen molar-refractivity contribution in [1.29, 1.82) is 0 Å². The minimum atomic E-state index is -0.523. The van der Waals surface area contributed by atoms with Crippen molar-refractivity contribution in [2.45, 2.75) is 66.0 Å². The maximum absolute atomic E-state index is 12.3. The molecule has 0 bridgehead atoms. The summed E-state index contributed by atoms with van der Waals surface area (Å²) in [5.41, 5.74) is 3.27. The van der Waals surface area contributed by atoms with Gasteiger partial charge in [0.25, 0.3) is 5.69 Å². The third kappa shape index (κ3) is 5.39. The molecule has 1 aromatic heterocycles.